The number of primary amides is 1. The van der Waals surface area contributed by atoms with Crippen molar-refractivity contribution < 1.29 is 38.2 Å². The van der Waals surface area contributed by atoms with Crippen molar-refractivity contribution in [2.24, 2.45) is 11.7 Å². The van der Waals surface area contributed by atoms with Gasteiger partial charge in [-0.05, 0) is 101 Å². The first-order valence-corrected chi connectivity index (χ1v) is 22.3. The molecule has 0 aliphatic carbocycles. The van der Waals surface area contributed by atoms with Crippen LogP contribution in [0, 0.1) is 17.2 Å². The molecule has 5 atom stereocenters. The van der Waals surface area contributed by atoms with Crippen LogP contribution in [0.15, 0.2) is 103 Å². The van der Waals surface area contributed by atoms with Crippen molar-refractivity contribution >= 4 is 52.4 Å². The molecule has 67 heavy (non-hydrogen) atoms. The number of ether oxygens (including phenoxy) is 2. The number of aromatic amines is 1. The number of likely N-dealkylation sites (tertiary alicyclic amines) is 2. The molecule has 16 heteroatoms. The highest BCUT2D eigenvalue weighted by Crippen LogP contribution is 2.39. The second kappa shape index (κ2) is 19.4. The smallest absolute Gasteiger partial charge is 0.408 e. The summed E-state index contributed by atoms with van der Waals surface area (Å²) in [6, 6.07) is 28.8. The number of amides is 6. The van der Waals surface area contributed by atoms with E-state index < -0.39 is 77.1 Å². The first kappa shape index (κ1) is 47.3. The van der Waals surface area contributed by atoms with Crippen LogP contribution in [0.5, 0.6) is 0 Å². The normalized spacial score (nSPS) is 18.1. The van der Waals surface area contributed by atoms with Gasteiger partial charge in [0.2, 0.25) is 17.7 Å². The Morgan fingerprint density at radius 3 is 1.84 bits per heavy atom. The third-order valence-corrected chi connectivity index (χ3v) is 11.7. The molecule has 2 fully saturated rings. The van der Waals surface area contributed by atoms with Crippen LogP contribution in [-0.2, 0) is 28.7 Å². The fourth-order valence-electron chi connectivity index (χ4n) is 8.65. The second-order valence-corrected chi connectivity index (χ2v) is 18.9. The number of rotatable bonds is 11. The zero-order chi connectivity index (χ0) is 48.2. The Bertz CT molecular complexity index is 2700. The van der Waals surface area contributed by atoms with E-state index in [-0.39, 0.29) is 13.0 Å². The number of nitrogens with zero attached hydrogens (tertiary/aromatic N) is 3. The largest absolute Gasteiger partial charge is 0.444 e. The molecule has 3 heterocycles. The number of nitrogens with two attached hydrogens (primary N) is 1. The maximum absolute atomic E-state index is 14.4. The first-order chi connectivity index (χ1) is 31.8. The second-order valence-electron chi connectivity index (χ2n) is 18.9. The van der Waals surface area contributed by atoms with Crippen molar-refractivity contribution in [1.29, 1.82) is 5.26 Å². The van der Waals surface area contributed by atoms with E-state index in [1.54, 1.807) is 125 Å². The van der Waals surface area contributed by atoms with E-state index >= 15 is 0 Å². The maximum atomic E-state index is 14.4. The summed E-state index contributed by atoms with van der Waals surface area (Å²) >= 11 is 0. The van der Waals surface area contributed by atoms with Crippen LogP contribution in [0.3, 0.4) is 0 Å². The molecule has 2 saturated heterocycles. The summed E-state index contributed by atoms with van der Waals surface area (Å²) in [5.41, 5.74) is 8.61. The maximum Gasteiger partial charge on any atom is 0.408 e. The highest BCUT2D eigenvalue weighted by atomic mass is 16.6. The Hall–Kier alpha value is -7.67. The molecule has 348 valence electrons. The van der Waals surface area contributed by atoms with Gasteiger partial charge in [-0.15, -0.1) is 0 Å². The van der Waals surface area contributed by atoms with Gasteiger partial charge in [-0.2, -0.15) is 5.26 Å². The van der Waals surface area contributed by atoms with Crippen LogP contribution in [0.2, 0.25) is 0 Å². The molecule has 5 aromatic rings. The number of fused-ring (bicyclic) bond motifs is 1. The molecule has 1 aromatic heterocycles. The van der Waals surface area contributed by atoms with Crippen molar-refractivity contribution in [3.8, 4) is 17.3 Å². The number of alkyl carbamates (subject to hydrolysis) is 2. The van der Waals surface area contributed by atoms with E-state index in [0.29, 0.717) is 63.9 Å². The lowest BCUT2D eigenvalue weighted by Crippen LogP contribution is -2.49. The monoisotopic (exact) mass is 908 g/mol. The lowest BCUT2D eigenvalue weighted by atomic mass is 9.97. The number of nitrogens with one attached hydrogen (secondary N) is 4. The van der Waals surface area contributed by atoms with E-state index in [4.69, 9.17) is 15.2 Å². The van der Waals surface area contributed by atoms with E-state index in [9.17, 15) is 34.0 Å². The van der Waals surface area contributed by atoms with Crippen molar-refractivity contribution in [3.63, 3.8) is 0 Å². The van der Waals surface area contributed by atoms with Crippen molar-refractivity contribution in [3.05, 3.63) is 125 Å². The van der Waals surface area contributed by atoms with Crippen LogP contribution in [0.4, 0.5) is 15.3 Å². The predicted molar refractivity (Wildman–Crippen MR) is 251 cm³/mol. The number of carbonyl (C=O) groups excluding carboxylic acids is 6. The molecule has 6 N–H and O–H groups in total. The van der Waals surface area contributed by atoms with Crippen molar-refractivity contribution in [2.45, 2.75) is 96.2 Å². The number of benzene rings is 4. The third-order valence-electron chi connectivity index (χ3n) is 11.7. The average Bonchev–Trinajstić information content (AvgIpc) is 4.05. The lowest BCUT2D eigenvalue weighted by molar-refractivity contribution is -0.138. The molecule has 0 radical (unpaired) electrons. The molecule has 4 aromatic carbocycles. The molecule has 6 amide bonds. The molecular weight excluding hydrogens is 853 g/mol. The van der Waals surface area contributed by atoms with Gasteiger partial charge in [0.15, 0.2) is 0 Å². The van der Waals surface area contributed by atoms with Gasteiger partial charge in [-0.3, -0.25) is 19.2 Å². The SMILES string of the molecule is CC(C)(C)OC(=O)N[C@@H](C(=O)N1CCC[C@H]1C(=O)Nc1ccc2[nH]c(-c3ccc([C@@H]4CC(C(N)=O)CN4C(=O)[C@H](NC(=O)OC(C)(C)C)c4ccccc4)cc3)c(C#N)c2c1)c1ccccc1. The van der Waals surface area contributed by atoms with Crippen LogP contribution in [0.1, 0.15) is 101 Å². The van der Waals surface area contributed by atoms with Crippen LogP contribution < -0.4 is 21.7 Å². The molecule has 2 aliphatic heterocycles. The Kier molecular flexibility index (Phi) is 13.7. The molecule has 0 saturated carbocycles. The molecular formula is C51H56N8O8. The highest BCUT2D eigenvalue weighted by molar-refractivity contribution is 6.02. The zero-order valence-electron chi connectivity index (χ0n) is 38.4. The van der Waals surface area contributed by atoms with E-state index in [0.717, 1.165) is 5.56 Å². The minimum Gasteiger partial charge on any atom is -0.444 e. The number of hydrogen-bond acceptors (Lipinski definition) is 9. The summed E-state index contributed by atoms with van der Waals surface area (Å²) in [5.74, 6) is -2.46. The minimum absolute atomic E-state index is 0.0496. The Balaban J connectivity index is 1.10. The summed E-state index contributed by atoms with van der Waals surface area (Å²) in [6.45, 7) is 10.7. The first-order valence-electron chi connectivity index (χ1n) is 22.3. The topological polar surface area (TPSA) is 229 Å². The Labute approximate surface area is 389 Å². The average molecular weight is 909 g/mol. The third kappa shape index (κ3) is 11.1. The van der Waals surface area contributed by atoms with Gasteiger partial charge in [-0.25, -0.2) is 9.59 Å². The lowest BCUT2D eigenvalue weighted by Gasteiger charge is -2.30. The molecule has 2 aliphatic rings. The Morgan fingerprint density at radius 2 is 1.31 bits per heavy atom. The van der Waals surface area contributed by atoms with Crippen LogP contribution in [0.25, 0.3) is 22.2 Å². The van der Waals surface area contributed by atoms with Gasteiger partial charge in [0.25, 0.3) is 5.91 Å². The van der Waals surface area contributed by atoms with Gasteiger partial charge < -0.3 is 45.9 Å². The summed E-state index contributed by atoms with van der Waals surface area (Å²) in [4.78, 5) is 87.3. The van der Waals surface area contributed by atoms with Gasteiger partial charge >= 0.3 is 12.2 Å². The number of aromatic nitrogens is 1. The van der Waals surface area contributed by atoms with E-state index in [1.165, 1.54) is 4.90 Å². The predicted octanol–water partition coefficient (Wildman–Crippen LogP) is 7.54. The van der Waals surface area contributed by atoms with Crippen molar-refractivity contribution in [1.82, 2.24) is 25.4 Å². The minimum atomic E-state index is -1.11. The fraction of sp³-hybridized carbons (Fsp3) is 0.353. The van der Waals surface area contributed by atoms with Crippen molar-refractivity contribution in [2.75, 3.05) is 18.4 Å². The zero-order valence-corrected chi connectivity index (χ0v) is 38.4. The summed E-state index contributed by atoms with van der Waals surface area (Å²) in [5, 5.41) is 19.4. The van der Waals surface area contributed by atoms with Crippen LogP contribution in [-0.4, -0.2) is 80.9 Å². The fourth-order valence-corrected chi connectivity index (χ4v) is 8.65. The quantitative estimate of drug-likeness (QED) is 0.0880. The number of anilines is 1. The number of carbonyl (C=O) groups is 6. The molecule has 7 rings (SSSR count). The Morgan fingerprint density at radius 1 is 0.761 bits per heavy atom. The van der Waals surface area contributed by atoms with Gasteiger partial charge in [-0.1, -0.05) is 84.9 Å². The molecule has 16 nitrogen and oxygen atoms in total. The standard InChI is InChI=1S/C51H56N8O8/c1-50(2,3)66-48(64)56-42(31-14-9-7-10-15-31)46(62)58-25-13-18-39(58)45(61)54-35-23-24-38-36(27-35)37(28-52)41(55-38)33-21-19-30(20-22-33)40-26-34(44(53)60)29-59(40)47(63)43(32-16-11-8-12-17-32)57-49(65)67-51(4,5)6/h7-12,14-17,19-24,27,34,39-40,42-43,55H,13,18,25-26,29H2,1-6H3,(H2,53,60)(H,54,61)(H,56,64)(H,57,65)/t34?,39-,40-,42+,43+/m0/s1. The molecule has 0 spiro atoms. The van der Waals surface area contributed by atoms with Gasteiger partial charge in [0, 0.05) is 29.7 Å². The summed E-state index contributed by atoms with van der Waals surface area (Å²) in [7, 11) is 0. The van der Waals surface area contributed by atoms with Gasteiger partial charge in [0.05, 0.1) is 23.2 Å². The molecule has 1 unspecified atom stereocenters. The summed E-state index contributed by atoms with van der Waals surface area (Å²) < 4.78 is 11.0. The summed E-state index contributed by atoms with van der Waals surface area (Å²) in [6.07, 6.45) is -0.267. The van der Waals surface area contributed by atoms with Gasteiger partial charge in [0.1, 0.15) is 35.4 Å². The molecule has 0 bridgehead atoms. The van der Waals surface area contributed by atoms with E-state index in [2.05, 4.69) is 27.0 Å². The number of H-pyrrole nitrogens is 1. The van der Waals surface area contributed by atoms with E-state index in [1.807, 2.05) is 24.3 Å². The number of hydrogen-bond donors (Lipinski definition) is 5. The highest BCUT2D eigenvalue weighted by Gasteiger charge is 2.42. The van der Waals surface area contributed by atoms with Crippen LogP contribution >= 0.6 is 0 Å². The number of nitriles is 1.